The Morgan fingerprint density at radius 2 is 2.06 bits per heavy atom. The Kier molecular flexibility index (Phi) is 7.16. The Labute approximate surface area is 208 Å². The topological polar surface area (TPSA) is 96.8 Å². The highest BCUT2D eigenvalue weighted by molar-refractivity contribution is 9.10. The number of nitriles is 1. The quantitative estimate of drug-likeness (QED) is 0.227. The van der Waals surface area contributed by atoms with Gasteiger partial charge in [0.05, 0.1) is 29.4 Å². The molecule has 0 aliphatic rings. The molecule has 0 fully saturated rings. The fraction of sp³-hybridized carbons (Fsp3) is 0.0800. The van der Waals surface area contributed by atoms with Crippen molar-refractivity contribution in [1.82, 2.24) is 5.43 Å². The number of benzene rings is 3. The summed E-state index contributed by atoms with van der Waals surface area (Å²) in [7, 11) is 1.52. The molecule has 4 aromatic rings. The van der Waals surface area contributed by atoms with Gasteiger partial charge in [-0.3, -0.25) is 4.79 Å². The summed E-state index contributed by atoms with van der Waals surface area (Å²) in [5.41, 5.74) is 4.96. The Balaban J connectivity index is 1.46. The zero-order valence-corrected chi connectivity index (χ0v) is 20.2. The molecule has 34 heavy (non-hydrogen) atoms. The summed E-state index contributed by atoms with van der Waals surface area (Å²) in [6.07, 6.45) is 1.47. The molecule has 0 unspecified atom stereocenters. The third-order valence-corrected chi connectivity index (χ3v) is 5.67. The van der Waals surface area contributed by atoms with Gasteiger partial charge in [-0.2, -0.15) is 10.4 Å². The van der Waals surface area contributed by atoms with Gasteiger partial charge in [0.1, 0.15) is 12.2 Å². The molecule has 0 aliphatic carbocycles. The van der Waals surface area contributed by atoms with Crippen molar-refractivity contribution in [3.05, 3.63) is 92.6 Å². The second-order valence-electron chi connectivity index (χ2n) is 7.08. The van der Waals surface area contributed by atoms with E-state index in [9.17, 15) is 10.1 Å². The zero-order valence-electron chi connectivity index (χ0n) is 17.8. The molecule has 1 heterocycles. The molecule has 0 atom stereocenters. The standard InChI is InChI=1S/C25H17BrClN3O4/c1-32-22-9-15(8-20(26)24(22)33-14-17-5-3-2-4-16(17)12-28)13-29-30-25(31)23-11-18-10-19(27)6-7-21(18)34-23/h2-11,13H,14H2,1H3,(H,30,31)/b29-13+. The number of methoxy groups -OCH3 is 1. The van der Waals surface area contributed by atoms with E-state index in [1.807, 2.05) is 12.1 Å². The van der Waals surface area contributed by atoms with Gasteiger partial charge in [0, 0.05) is 16.0 Å². The first kappa shape index (κ1) is 23.4. The lowest BCUT2D eigenvalue weighted by Gasteiger charge is -2.14. The van der Waals surface area contributed by atoms with Gasteiger partial charge in [-0.15, -0.1) is 0 Å². The van der Waals surface area contributed by atoms with Crippen LogP contribution < -0.4 is 14.9 Å². The lowest BCUT2D eigenvalue weighted by molar-refractivity contribution is 0.0929. The molecule has 4 rings (SSSR count). The van der Waals surface area contributed by atoms with Crippen LogP contribution in [0.25, 0.3) is 11.0 Å². The molecule has 0 aliphatic heterocycles. The maximum Gasteiger partial charge on any atom is 0.307 e. The van der Waals surface area contributed by atoms with E-state index in [2.05, 4.69) is 32.5 Å². The molecule has 0 radical (unpaired) electrons. The highest BCUT2D eigenvalue weighted by Gasteiger charge is 2.14. The number of rotatable bonds is 7. The van der Waals surface area contributed by atoms with Gasteiger partial charge in [-0.05, 0) is 64.0 Å². The van der Waals surface area contributed by atoms with Crippen molar-refractivity contribution in [1.29, 1.82) is 5.26 Å². The third-order valence-electron chi connectivity index (χ3n) is 4.84. The molecule has 1 N–H and O–H groups in total. The molecule has 9 heteroatoms. The van der Waals surface area contributed by atoms with Gasteiger partial charge in [0.25, 0.3) is 0 Å². The number of furan rings is 1. The first-order chi connectivity index (χ1) is 16.5. The van der Waals surface area contributed by atoms with E-state index >= 15 is 0 Å². The molecule has 0 saturated carbocycles. The summed E-state index contributed by atoms with van der Waals surface area (Å²) in [5.74, 6) is 0.573. The summed E-state index contributed by atoms with van der Waals surface area (Å²) >= 11 is 9.46. The van der Waals surface area contributed by atoms with E-state index in [4.69, 9.17) is 25.5 Å². The predicted octanol–water partition coefficient (Wildman–Crippen LogP) is 6.07. The van der Waals surface area contributed by atoms with Gasteiger partial charge in [-0.1, -0.05) is 29.8 Å². The minimum atomic E-state index is -0.495. The van der Waals surface area contributed by atoms with Crippen LogP contribution in [0.1, 0.15) is 27.2 Å². The Morgan fingerprint density at radius 1 is 1.24 bits per heavy atom. The number of fused-ring (bicyclic) bond motifs is 1. The summed E-state index contributed by atoms with van der Waals surface area (Å²) in [6, 6.07) is 19.6. The van der Waals surface area contributed by atoms with E-state index in [0.717, 1.165) is 10.9 Å². The second-order valence-corrected chi connectivity index (χ2v) is 8.37. The second kappa shape index (κ2) is 10.4. The van der Waals surface area contributed by atoms with Crippen molar-refractivity contribution in [2.45, 2.75) is 6.61 Å². The van der Waals surface area contributed by atoms with E-state index in [1.54, 1.807) is 48.5 Å². The molecule has 3 aromatic carbocycles. The predicted molar refractivity (Wildman–Crippen MR) is 132 cm³/mol. The number of carbonyl (C=O) groups is 1. The highest BCUT2D eigenvalue weighted by Crippen LogP contribution is 2.37. The summed E-state index contributed by atoms with van der Waals surface area (Å²) in [6.45, 7) is 0.199. The maximum absolute atomic E-state index is 12.4. The number of halogens is 2. The zero-order chi connectivity index (χ0) is 24.1. The van der Waals surface area contributed by atoms with E-state index in [0.29, 0.717) is 37.7 Å². The Bertz CT molecular complexity index is 1440. The van der Waals surface area contributed by atoms with E-state index in [1.165, 1.54) is 13.3 Å². The molecule has 0 saturated heterocycles. The van der Waals surface area contributed by atoms with Gasteiger partial charge >= 0.3 is 5.91 Å². The van der Waals surface area contributed by atoms with Crippen molar-refractivity contribution in [2.24, 2.45) is 5.10 Å². The fourth-order valence-corrected chi connectivity index (χ4v) is 3.96. The smallest absolute Gasteiger partial charge is 0.307 e. The Morgan fingerprint density at radius 3 is 2.85 bits per heavy atom. The van der Waals surface area contributed by atoms with Crippen LogP contribution in [0.4, 0.5) is 0 Å². The average molecular weight is 539 g/mol. The lowest BCUT2D eigenvalue weighted by atomic mass is 10.1. The van der Waals surface area contributed by atoms with Crippen LogP contribution in [0.2, 0.25) is 5.02 Å². The lowest BCUT2D eigenvalue weighted by Crippen LogP contribution is -2.16. The fourth-order valence-electron chi connectivity index (χ4n) is 3.21. The van der Waals surface area contributed by atoms with Crippen LogP contribution in [0, 0.1) is 11.3 Å². The van der Waals surface area contributed by atoms with Crippen LogP contribution in [-0.2, 0) is 6.61 Å². The van der Waals surface area contributed by atoms with Crippen LogP contribution in [-0.4, -0.2) is 19.2 Å². The third kappa shape index (κ3) is 5.22. The van der Waals surface area contributed by atoms with Crippen molar-refractivity contribution < 1.29 is 18.7 Å². The monoisotopic (exact) mass is 537 g/mol. The molecular formula is C25H17BrClN3O4. The molecule has 7 nitrogen and oxygen atoms in total. The van der Waals surface area contributed by atoms with Crippen molar-refractivity contribution >= 4 is 50.6 Å². The number of hydrogen-bond donors (Lipinski definition) is 1. The molecular weight excluding hydrogens is 522 g/mol. The normalized spacial score (nSPS) is 10.9. The summed E-state index contributed by atoms with van der Waals surface area (Å²) in [5, 5.41) is 14.5. The van der Waals surface area contributed by atoms with Gasteiger partial charge in [-0.25, -0.2) is 5.43 Å². The van der Waals surface area contributed by atoms with Gasteiger partial charge < -0.3 is 13.9 Å². The highest BCUT2D eigenvalue weighted by atomic mass is 79.9. The number of nitrogens with zero attached hydrogens (tertiary/aromatic N) is 2. The van der Waals surface area contributed by atoms with Gasteiger partial charge in [0.2, 0.25) is 0 Å². The maximum atomic E-state index is 12.4. The minimum Gasteiger partial charge on any atom is -0.493 e. The first-order valence-electron chi connectivity index (χ1n) is 9.99. The minimum absolute atomic E-state index is 0.120. The molecule has 0 spiro atoms. The van der Waals surface area contributed by atoms with Crippen molar-refractivity contribution in [3.8, 4) is 17.6 Å². The van der Waals surface area contributed by atoms with Crippen molar-refractivity contribution in [3.63, 3.8) is 0 Å². The van der Waals surface area contributed by atoms with Crippen LogP contribution >= 0.6 is 27.5 Å². The number of ether oxygens (including phenoxy) is 2. The van der Waals surface area contributed by atoms with Crippen molar-refractivity contribution in [2.75, 3.05) is 7.11 Å². The molecule has 1 aromatic heterocycles. The average Bonchev–Trinajstić information content (AvgIpc) is 3.26. The van der Waals surface area contributed by atoms with E-state index in [-0.39, 0.29) is 12.4 Å². The number of carbonyl (C=O) groups excluding carboxylic acids is 1. The van der Waals surface area contributed by atoms with E-state index < -0.39 is 5.91 Å². The molecule has 1 amide bonds. The molecule has 0 bridgehead atoms. The molecule has 170 valence electrons. The summed E-state index contributed by atoms with van der Waals surface area (Å²) < 4.78 is 17.5. The number of nitrogens with one attached hydrogen (secondary N) is 1. The largest absolute Gasteiger partial charge is 0.493 e. The van der Waals surface area contributed by atoms with Gasteiger partial charge in [0.15, 0.2) is 17.3 Å². The number of amides is 1. The SMILES string of the molecule is COc1cc(/C=N/NC(=O)c2cc3cc(Cl)ccc3o2)cc(Br)c1OCc1ccccc1C#N. The number of hydrogen-bond acceptors (Lipinski definition) is 6. The summed E-state index contributed by atoms with van der Waals surface area (Å²) in [4.78, 5) is 12.4. The van der Waals surface area contributed by atoms with Crippen LogP contribution in [0.3, 0.4) is 0 Å². The first-order valence-corrected chi connectivity index (χ1v) is 11.2. The Hall–Kier alpha value is -3.80. The van der Waals surface area contributed by atoms with Crippen LogP contribution in [0.15, 0.2) is 74.7 Å². The van der Waals surface area contributed by atoms with Crippen LogP contribution in [0.5, 0.6) is 11.5 Å². The number of hydrazone groups is 1.